The molecule has 2 saturated heterocycles. The van der Waals surface area contributed by atoms with E-state index < -0.39 is 0 Å². The number of likely N-dealkylation sites (tertiary alicyclic amines) is 2. The summed E-state index contributed by atoms with van der Waals surface area (Å²) >= 11 is 0. The van der Waals surface area contributed by atoms with Crippen LogP contribution < -0.4 is 10.6 Å². The maximum Gasteiger partial charge on any atom is 0.267 e. The second kappa shape index (κ2) is 13.7. The predicted octanol–water partition coefficient (Wildman–Crippen LogP) is 3.90. The van der Waals surface area contributed by atoms with Crippen molar-refractivity contribution in [2.75, 3.05) is 32.6 Å². The summed E-state index contributed by atoms with van der Waals surface area (Å²) < 4.78 is 6.98. The molecule has 2 aliphatic heterocycles. The van der Waals surface area contributed by atoms with Crippen molar-refractivity contribution < 1.29 is 19.1 Å². The van der Waals surface area contributed by atoms with E-state index in [1.807, 2.05) is 43.2 Å². The van der Waals surface area contributed by atoms with Gasteiger partial charge >= 0.3 is 0 Å². The van der Waals surface area contributed by atoms with Gasteiger partial charge in [-0.15, -0.1) is 0 Å². The Morgan fingerprint density at radius 2 is 1.86 bits per heavy atom. The van der Waals surface area contributed by atoms with Crippen LogP contribution in [0.25, 0.3) is 11.0 Å². The number of amides is 3. The number of nitrogens with one attached hydrogen (secondary N) is 2. The first-order valence-corrected chi connectivity index (χ1v) is 15.2. The predicted molar refractivity (Wildman–Crippen MR) is 167 cm³/mol. The molecule has 0 spiro atoms. The van der Waals surface area contributed by atoms with Crippen molar-refractivity contribution in [3.63, 3.8) is 0 Å². The van der Waals surface area contributed by atoms with E-state index in [0.29, 0.717) is 42.6 Å². The monoisotopic (exact) mass is 594 g/mol. The number of hydrogen-bond donors (Lipinski definition) is 2. The van der Waals surface area contributed by atoms with Gasteiger partial charge in [0.05, 0.1) is 17.7 Å². The van der Waals surface area contributed by atoms with Gasteiger partial charge in [-0.05, 0) is 59.4 Å². The zero-order valence-electron chi connectivity index (χ0n) is 26.5. The zero-order chi connectivity index (χ0) is 31.3. The summed E-state index contributed by atoms with van der Waals surface area (Å²) in [6.45, 7) is 11.0. The first-order valence-electron chi connectivity index (χ1n) is 15.2. The van der Waals surface area contributed by atoms with Gasteiger partial charge in [-0.2, -0.15) is 4.98 Å². The summed E-state index contributed by atoms with van der Waals surface area (Å²) in [6, 6.07) is 2.29. The van der Waals surface area contributed by atoms with Gasteiger partial charge in [0.2, 0.25) is 12.4 Å². The van der Waals surface area contributed by atoms with Crippen LogP contribution in [0.2, 0.25) is 0 Å². The Balaban J connectivity index is 0.000000641. The molecule has 5 rings (SSSR count). The minimum Gasteiger partial charge on any atom is -0.379 e. The largest absolute Gasteiger partial charge is 0.379 e. The molecule has 2 atom stereocenters. The van der Waals surface area contributed by atoms with E-state index in [-0.39, 0.29) is 35.5 Å². The summed E-state index contributed by atoms with van der Waals surface area (Å²) in [5, 5.41) is 6.68. The molecule has 2 unspecified atom stereocenters. The number of methoxy groups -OCH3 is 1. The number of carbonyl (C=O) groups excluding carboxylic acids is 3. The summed E-state index contributed by atoms with van der Waals surface area (Å²) in [4.78, 5) is 54.1. The summed E-state index contributed by atoms with van der Waals surface area (Å²) in [5.74, 6) is 0.784. The van der Waals surface area contributed by atoms with E-state index in [1.165, 1.54) is 0 Å². The molecule has 43 heavy (non-hydrogen) atoms. The van der Waals surface area contributed by atoms with Crippen molar-refractivity contribution in [3.8, 4) is 0 Å². The molecule has 2 aromatic heterocycles. The smallest absolute Gasteiger partial charge is 0.267 e. The third-order valence-electron chi connectivity index (χ3n) is 8.38. The third kappa shape index (κ3) is 7.41. The molecular weight excluding hydrogens is 548 g/mol. The van der Waals surface area contributed by atoms with Gasteiger partial charge in [-0.1, -0.05) is 19.8 Å². The number of ether oxygens (including phenoxy) is 1. The number of fused-ring (bicyclic) bond motifs is 3. The molecule has 1 saturated carbocycles. The molecule has 0 aromatic carbocycles. The number of hydrogen-bond acceptors (Lipinski definition) is 7. The van der Waals surface area contributed by atoms with E-state index in [0.717, 1.165) is 49.5 Å². The maximum atomic E-state index is 13.1. The van der Waals surface area contributed by atoms with Crippen molar-refractivity contribution in [2.45, 2.75) is 96.9 Å². The van der Waals surface area contributed by atoms with Crippen molar-refractivity contribution in [2.24, 2.45) is 4.99 Å². The van der Waals surface area contributed by atoms with Crippen molar-refractivity contribution in [3.05, 3.63) is 29.7 Å². The second-order valence-electron chi connectivity index (χ2n) is 12.4. The van der Waals surface area contributed by atoms with E-state index in [9.17, 15) is 14.4 Å². The molecule has 3 fully saturated rings. The van der Waals surface area contributed by atoms with Crippen LogP contribution in [0.3, 0.4) is 0 Å². The highest BCUT2D eigenvalue weighted by Gasteiger charge is 2.45. The number of rotatable bonds is 7. The lowest BCUT2D eigenvalue weighted by molar-refractivity contribution is -0.132. The van der Waals surface area contributed by atoms with Gasteiger partial charge < -0.3 is 29.7 Å². The van der Waals surface area contributed by atoms with E-state index in [2.05, 4.69) is 20.6 Å². The van der Waals surface area contributed by atoms with Crippen LogP contribution in [0.4, 0.5) is 5.95 Å². The van der Waals surface area contributed by atoms with Crippen molar-refractivity contribution >= 4 is 41.0 Å². The van der Waals surface area contributed by atoms with Gasteiger partial charge in [0.15, 0.2) is 0 Å². The first kappa shape index (κ1) is 32.1. The molecule has 12 nitrogen and oxygen atoms in total. The lowest BCUT2D eigenvalue weighted by atomic mass is 10.1. The molecular formula is C31H46N8O4. The Labute approximate surface area is 254 Å². The number of nitrogens with zero attached hydrogens (tertiary/aromatic N) is 6. The molecule has 1 aliphatic carbocycles. The van der Waals surface area contributed by atoms with Crippen molar-refractivity contribution in [1.82, 2.24) is 29.7 Å². The minimum absolute atomic E-state index is 0.0223. The third-order valence-corrected chi connectivity index (χ3v) is 8.38. The zero-order valence-corrected chi connectivity index (χ0v) is 26.5. The van der Waals surface area contributed by atoms with Crippen LogP contribution in [-0.2, 0) is 14.3 Å². The summed E-state index contributed by atoms with van der Waals surface area (Å²) in [5.41, 5.74) is 1.99. The van der Waals surface area contributed by atoms with Crippen LogP contribution in [0.15, 0.2) is 29.0 Å². The quantitative estimate of drug-likeness (QED) is 0.215. The number of aromatic nitrogens is 3. The Bertz CT molecular complexity index is 1390. The number of aliphatic imine (C=N–C) groups is 1. The average molecular weight is 595 g/mol. The minimum atomic E-state index is -0.135. The molecule has 12 heteroatoms. The highest BCUT2D eigenvalue weighted by atomic mass is 16.5. The van der Waals surface area contributed by atoms with Crippen LogP contribution in [0.1, 0.15) is 89.7 Å². The molecule has 2 aromatic rings. The number of carbonyl (C=O) groups is 3. The fourth-order valence-electron chi connectivity index (χ4n) is 5.83. The Hall–Kier alpha value is -3.80. The molecule has 234 valence electrons. The molecule has 4 heterocycles. The van der Waals surface area contributed by atoms with Crippen LogP contribution in [-0.4, -0.2) is 93.3 Å². The van der Waals surface area contributed by atoms with Crippen molar-refractivity contribution in [1.29, 1.82) is 0 Å². The van der Waals surface area contributed by atoms with Crippen LogP contribution in [0.5, 0.6) is 0 Å². The van der Waals surface area contributed by atoms with Crippen LogP contribution >= 0.6 is 0 Å². The average Bonchev–Trinajstić information content (AvgIpc) is 3.80. The van der Waals surface area contributed by atoms with Gasteiger partial charge in [0.25, 0.3) is 11.8 Å². The molecule has 2 N–H and O–H groups in total. The standard InChI is InChI=1S/C26H34N8O3.C5H12O/c1-4-17(25(37)33-14-20-10-21(33)13-32(20)15-35)11-28-16(2)30-26-29-12-18-9-22(24(36)27-3)34(23(18)31-26)19-7-5-6-8-19;1-5(2,3)6-4/h9,11-12,15,19-21H,4-8,10,13-14H2,1-3H3,(H,27,36)(H,28,29,30,31);1-4H3/b17-11+;. The fourth-order valence-corrected chi connectivity index (χ4v) is 5.83. The molecule has 0 radical (unpaired) electrons. The number of piperazine rings is 1. The van der Waals surface area contributed by atoms with Gasteiger partial charge in [0, 0.05) is 56.6 Å². The molecule has 3 aliphatic rings. The normalized spacial score (nSPS) is 20.8. The number of anilines is 1. The topological polar surface area (TPSA) is 134 Å². The fraction of sp³-hybridized carbons (Fsp3) is 0.613. The first-order chi connectivity index (χ1) is 20.5. The summed E-state index contributed by atoms with van der Waals surface area (Å²) in [6.07, 6.45) is 9.92. The number of amidine groups is 1. The van der Waals surface area contributed by atoms with E-state index in [4.69, 9.17) is 9.72 Å². The lowest BCUT2D eigenvalue weighted by Crippen LogP contribution is -2.48. The van der Waals surface area contributed by atoms with Gasteiger partial charge in [-0.3, -0.25) is 14.4 Å². The second-order valence-corrected chi connectivity index (χ2v) is 12.4. The lowest BCUT2D eigenvalue weighted by Gasteiger charge is -2.32. The molecule has 3 amide bonds. The molecule has 2 bridgehead atoms. The summed E-state index contributed by atoms with van der Waals surface area (Å²) in [7, 11) is 3.34. The SMILES string of the molecule is CC/C(=C\N=C(C)Nc1ncc2cc(C(=O)NC)n(C3CCCC3)c2n1)C(=O)N1CC2CC1CN2C=O.COC(C)(C)C. The highest BCUT2D eigenvalue weighted by molar-refractivity contribution is 5.99. The van der Waals surface area contributed by atoms with E-state index in [1.54, 1.807) is 38.4 Å². The van der Waals surface area contributed by atoms with Crippen LogP contribution in [0, 0.1) is 0 Å². The maximum absolute atomic E-state index is 13.1. The van der Waals surface area contributed by atoms with Gasteiger partial charge in [-0.25, -0.2) is 9.98 Å². The Kier molecular flexibility index (Phi) is 10.2. The highest BCUT2D eigenvalue weighted by Crippen LogP contribution is 2.34. The van der Waals surface area contributed by atoms with Gasteiger partial charge in [0.1, 0.15) is 17.2 Å². The Morgan fingerprint density at radius 1 is 1.16 bits per heavy atom. The Morgan fingerprint density at radius 3 is 2.42 bits per heavy atom. The van der Waals surface area contributed by atoms with E-state index >= 15 is 0 Å².